The molecule has 0 fully saturated rings. The van der Waals surface area contributed by atoms with Crippen LogP contribution in [0.4, 0.5) is 4.39 Å². The molecule has 0 aliphatic heterocycles. The van der Waals surface area contributed by atoms with Crippen LogP contribution in [0.15, 0.2) is 4.42 Å². The van der Waals surface area contributed by atoms with Crippen LogP contribution in [0.25, 0.3) is 0 Å². The van der Waals surface area contributed by atoms with Gasteiger partial charge in [-0.2, -0.15) is 0 Å². The first-order valence-electron chi connectivity index (χ1n) is 3.56. The average molecular weight is 176 g/mol. The van der Waals surface area contributed by atoms with Crippen LogP contribution >= 0.6 is 11.6 Å². The topological polar surface area (TPSA) is 26.0 Å². The summed E-state index contributed by atoms with van der Waals surface area (Å²) in [7, 11) is 0. The molecule has 1 heterocycles. The number of aryl methyl sites for hydroxylation is 1. The second kappa shape index (κ2) is 2.48. The third-order valence-electron chi connectivity index (χ3n) is 1.86. The number of halogens is 2. The van der Waals surface area contributed by atoms with E-state index < -0.39 is 6.17 Å². The highest BCUT2D eigenvalue weighted by Crippen LogP contribution is 2.33. The Morgan fingerprint density at radius 2 is 2.45 bits per heavy atom. The number of hydrogen-bond acceptors (Lipinski definition) is 2. The minimum Gasteiger partial charge on any atom is -0.429 e. The number of fused-ring (bicyclic) bond motifs is 1. The van der Waals surface area contributed by atoms with Gasteiger partial charge in [0.1, 0.15) is 0 Å². The van der Waals surface area contributed by atoms with E-state index in [1.54, 1.807) is 0 Å². The van der Waals surface area contributed by atoms with Gasteiger partial charge in [0.25, 0.3) is 5.35 Å². The molecule has 11 heavy (non-hydrogen) atoms. The van der Waals surface area contributed by atoms with Crippen molar-refractivity contribution in [2.24, 2.45) is 0 Å². The molecule has 1 aromatic rings. The molecule has 60 valence electrons. The van der Waals surface area contributed by atoms with Gasteiger partial charge in [-0.05, 0) is 30.9 Å². The molecule has 4 heteroatoms. The molecule has 0 bridgehead atoms. The molecule has 1 atom stereocenters. The predicted octanol–water partition coefficient (Wildman–Crippen LogP) is 2.67. The Labute approximate surface area is 68.4 Å². The van der Waals surface area contributed by atoms with Crippen LogP contribution in [0, 0.1) is 0 Å². The summed E-state index contributed by atoms with van der Waals surface area (Å²) in [6.07, 6.45) is 1.14. The first kappa shape index (κ1) is 7.10. The van der Waals surface area contributed by atoms with Crippen molar-refractivity contribution in [3.8, 4) is 0 Å². The van der Waals surface area contributed by atoms with Crippen LogP contribution in [0.3, 0.4) is 0 Å². The van der Waals surface area contributed by atoms with E-state index in [9.17, 15) is 4.39 Å². The van der Waals surface area contributed by atoms with Crippen molar-refractivity contribution in [2.75, 3.05) is 0 Å². The van der Waals surface area contributed by atoms with Gasteiger partial charge in [0.2, 0.25) is 0 Å². The van der Waals surface area contributed by atoms with E-state index in [1.165, 1.54) is 0 Å². The summed E-state index contributed by atoms with van der Waals surface area (Å²) in [5.74, 6) is 0.334. The van der Waals surface area contributed by atoms with Gasteiger partial charge in [-0.25, -0.2) is 9.37 Å². The van der Waals surface area contributed by atoms with E-state index in [0.29, 0.717) is 17.9 Å². The summed E-state index contributed by atoms with van der Waals surface area (Å²) in [6, 6.07) is 0. The second-order valence-electron chi connectivity index (χ2n) is 2.64. The molecule has 0 radical (unpaired) electrons. The summed E-state index contributed by atoms with van der Waals surface area (Å²) < 4.78 is 17.9. The van der Waals surface area contributed by atoms with Crippen molar-refractivity contribution in [2.45, 2.75) is 25.4 Å². The van der Waals surface area contributed by atoms with Crippen molar-refractivity contribution < 1.29 is 8.81 Å². The average Bonchev–Trinajstić information content (AvgIpc) is 2.31. The Morgan fingerprint density at radius 3 is 3.18 bits per heavy atom. The summed E-state index contributed by atoms with van der Waals surface area (Å²) in [4.78, 5) is 3.86. The molecule has 0 aromatic carbocycles. The smallest absolute Gasteiger partial charge is 0.292 e. The van der Waals surface area contributed by atoms with E-state index >= 15 is 0 Å². The highest BCUT2D eigenvalue weighted by Gasteiger charge is 2.25. The normalized spacial score (nSPS) is 23.3. The molecular weight excluding hydrogens is 169 g/mol. The van der Waals surface area contributed by atoms with Gasteiger partial charge in [-0.1, -0.05) is 0 Å². The minimum atomic E-state index is -1.00. The van der Waals surface area contributed by atoms with Crippen LogP contribution in [-0.4, -0.2) is 4.98 Å². The zero-order valence-corrected chi connectivity index (χ0v) is 6.57. The Kier molecular flexibility index (Phi) is 1.60. The fourth-order valence-corrected chi connectivity index (χ4v) is 1.52. The largest absolute Gasteiger partial charge is 0.429 e. The third-order valence-corrected chi connectivity index (χ3v) is 2.02. The predicted molar refractivity (Wildman–Crippen MR) is 38.3 cm³/mol. The molecule has 2 nitrogen and oxygen atoms in total. The van der Waals surface area contributed by atoms with Crippen molar-refractivity contribution >= 4 is 11.6 Å². The molecule has 0 N–H and O–H groups in total. The lowest BCUT2D eigenvalue weighted by Gasteiger charge is -2.11. The van der Waals surface area contributed by atoms with Crippen LogP contribution < -0.4 is 0 Å². The van der Waals surface area contributed by atoms with Crippen molar-refractivity contribution in [1.82, 2.24) is 4.98 Å². The lowest BCUT2D eigenvalue weighted by molar-refractivity contribution is 0.252. The zero-order chi connectivity index (χ0) is 7.84. The number of oxazole rings is 1. The molecule has 0 saturated heterocycles. The lowest BCUT2D eigenvalue weighted by atomic mass is 10.0. The van der Waals surface area contributed by atoms with Gasteiger partial charge >= 0.3 is 0 Å². The Morgan fingerprint density at radius 1 is 1.64 bits per heavy atom. The maximum atomic E-state index is 13.0. The molecule has 1 aliphatic carbocycles. The zero-order valence-electron chi connectivity index (χ0n) is 5.81. The van der Waals surface area contributed by atoms with Gasteiger partial charge in [0.15, 0.2) is 11.9 Å². The Bertz CT molecular complexity index is 273. The highest BCUT2D eigenvalue weighted by molar-refractivity contribution is 6.27. The summed E-state index contributed by atoms with van der Waals surface area (Å²) >= 11 is 5.47. The quantitative estimate of drug-likeness (QED) is 0.606. The fourth-order valence-electron chi connectivity index (χ4n) is 1.34. The van der Waals surface area contributed by atoms with Crippen LogP contribution in [-0.2, 0) is 6.42 Å². The second-order valence-corrected chi connectivity index (χ2v) is 2.96. The van der Waals surface area contributed by atoms with Crippen molar-refractivity contribution in [3.05, 3.63) is 16.8 Å². The first-order chi connectivity index (χ1) is 5.27. The molecule has 2 rings (SSSR count). The van der Waals surface area contributed by atoms with Gasteiger partial charge in [-0.15, -0.1) is 0 Å². The minimum absolute atomic E-state index is 0.0551. The molecule has 1 aliphatic rings. The Hall–Kier alpha value is -0.570. The maximum Gasteiger partial charge on any atom is 0.292 e. The Balaban J connectivity index is 2.43. The highest BCUT2D eigenvalue weighted by atomic mass is 35.5. The van der Waals surface area contributed by atoms with E-state index in [4.69, 9.17) is 16.0 Å². The van der Waals surface area contributed by atoms with E-state index in [1.807, 2.05) is 0 Å². The number of aromatic nitrogens is 1. The number of alkyl halides is 1. The van der Waals surface area contributed by atoms with Crippen molar-refractivity contribution in [3.63, 3.8) is 0 Å². The van der Waals surface area contributed by atoms with E-state index in [2.05, 4.69) is 4.98 Å². The standard InChI is InChI=1S/C7H7ClFNO/c8-7-10-5-3-1-2-4(9)6(5)11-7/h4H,1-3H2. The molecule has 1 aromatic heterocycles. The lowest BCUT2D eigenvalue weighted by Crippen LogP contribution is -2.03. The summed E-state index contributed by atoms with van der Waals surface area (Å²) in [5, 5.41) is 0.0551. The molecular formula is C7H7ClFNO. The van der Waals surface area contributed by atoms with Gasteiger partial charge in [-0.3, -0.25) is 0 Å². The first-order valence-corrected chi connectivity index (χ1v) is 3.94. The SMILES string of the molecule is FC1CCCc2nc(Cl)oc21. The third kappa shape index (κ3) is 1.13. The molecule has 0 amide bonds. The van der Waals surface area contributed by atoms with Crippen LogP contribution in [0.1, 0.15) is 30.5 Å². The molecule has 0 spiro atoms. The van der Waals surface area contributed by atoms with Crippen LogP contribution in [0.5, 0.6) is 0 Å². The van der Waals surface area contributed by atoms with Gasteiger partial charge in [0.05, 0.1) is 5.69 Å². The van der Waals surface area contributed by atoms with Crippen LogP contribution in [0.2, 0.25) is 5.35 Å². The maximum absolute atomic E-state index is 13.0. The number of hydrogen-bond donors (Lipinski definition) is 0. The fraction of sp³-hybridized carbons (Fsp3) is 0.571. The summed E-state index contributed by atoms with van der Waals surface area (Å²) in [6.45, 7) is 0. The summed E-state index contributed by atoms with van der Waals surface area (Å²) in [5.41, 5.74) is 0.689. The molecule has 1 unspecified atom stereocenters. The number of nitrogens with zero attached hydrogens (tertiary/aromatic N) is 1. The van der Waals surface area contributed by atoms with E-state index in [0.717, 1.165) is 12.8 Å². The van der Waals surface area contributed by atoms with E-state index in [-0.39, 0.29) is 5.35 Å². The molecule has 0 saturated carbocycles. The van der Waals surface area contributed by atoms with Gasteiger partial charge < -0.3 is 4.42 Å². The number of rotatable bonds is 0. The van der Waals surface area contributed by atoms with Gasteiger partial charge in [0, 0.05) is 0 Å². The van der Waals surface area contributed by atoms with Crippen molar-refractivity contribution in [1.29, 1.82) is 0 Å². The monoisotopic (exact) mass is 175 g/mol.